The van der Waals surface area contributed by atoms with Gasteiger partial charge in [-0.25, -0.2) is 9.97 Å². The average molecular weight is 179 g/mol. The van der Waals surface area contributed by atoms with E-state index >= 15 is 0 Å². The highest BCUT2D eigenvalue weighted by Gasteiger charge is 2.01. The van der Waals surface area contributed by atoms with Crippen LogP contribution in [0.2, 0.25) is 0 Å². The van der Waals surface area contributed by atoms with Crippen molar-refractivity contribution in [3.8, 4) is 0 Å². The van der Waals surface area contributed by atoms with Gasteiger partial charge in [0.1, 0.15) is 5.65 Å². The monoisotopic (exact) mass is 179 g/mol. The van der Waals surface area contributed by atoms with E-state index in [1.807, 2.05) is 29.8 Å². The van der Waals surface area contributed by atoms with Crippen molar-refractivity contribution < 1.29 is 0 Å². The zero-order chi connectivity index (χ0) is 8.55. The number of aromatic nitrogens is 3. The predicted octanol–water partition coefficient (Wildman–Crippen LogP) is 1.76. The van der Waals surface area contributed by atoms with Gasteiger partial charge in [-0.3, -0.25) is 4.40 Å². The van der Waals surface area contributed by atoms with Crippen LogP contribution in [0.15, 0.2) is 23.6 Å². The second kappa shape index (κ2) is 2.79. The van der Waals surface area contributed by atoms with Gasteiger partial charge in [-0.05, 0) is 13.2 Å². The van der Waals surface area contributed by atoms with Gasteiger partial charge in [0.15, 0.2) is 5.16 Å². The van der Waals surface area contributed by atoms with E-state index in [0.717, 1.165) is 16.5 Å². The molecule has 0 spiro atoms. The first kappa shape index (κ1) is 7.61. The van der Waals surface area contributed by atoms with Crippen molar-refractivity contribution in [2.75, 3.05) is 6.26 Å². The Kier molecular flexibility index (Phi) is 1.77. The van der Waals surface area contributed by atoms with Gasteiger partial charge in [0.25, 0.3) is 0 Å². The molecule has 0 atom stereocenters. The van der Waals surface area contributed by atoms with Crippen molar-refractivity contribution in [2.24, 2.45) is 0 Å². The summed E-state index contributed by atoms with van der Waals surface area (Å²) in [4.78, 5) is 8.58. The van der Waals surface area contributed by atoms with Crippen LogP contribution in [-0.4, -0.2) is 20.6 Å². The minimum absolute atomic E-state index is 0.965. The molecule has 0 aliphatic rings. The fraction of sp³-hybridized carbons (Fsp3) is 0.250. The van der Waals surface area contributed by atoms with E-state index in [1.165, 1.54) is 0 Å². The van der Waals surface area contributed by atoms with Gasteiger partial charge in [-0.2, -0.15) is 0 Å². The Morgan fingerprint density at radius 2 is 2.33 bits per heavy atom. The highest BCUT2D eigenvalue weighted by atomic mass is 32.2. The molecule has 0 radical (unpaired) electrons. The summed E-state index contributed by atoms with van der Waals surface area (Å²) in [7, 11) is 0. The number of hydrogen-bond acceptors (Lipinski definition) is 3. The number of aryl methyl sites for hydroxylation is 1. The molecule has 12 heavy (non-hydrogen) atoms. The molecule has 2 rings (SSSR count). The number of nitrogens with zero attached hydrogens (tertiary/aromatic N) is 3. The first-order valence-corrected chi connectivity index (χ1v) is 4.88. The molecule has 3 nitrogen and oxygen atoms in total. The first-order valence-electron chi connectivity index (χ1n) is 3.66. The van der Waals surface area contributed by atoms with Gasteiger partial charge in [-0.15, -0.1) is 0 Å². The number of rotatable bonds is 1. The maximum atomic E-state index is 4.38. The van der Waals surface area contributed by atoms with Crippen molar-refractivity contribution in [3.63, 3.8) is 0 Å². The van der Waals surface area contributed by atoms with E-state index < -0.39 is 0 Å². The lowest BCUT2D eigenvalue weighted by atomic mass is 10.4. The highest BCUT2D eigenvalue weighted by Crippen LogP contribution is 2.14. The molecule has 0 unspecified atom stereocenters. The number of thioether (sulfide) groups is 1. The third-order valence-corrected chi connectivity index (χ3v) is 2.32. The average Bonchev–Trinajstić information content (AvgIpc) is 2.50. The largest absolute Gasteiger partial charge is 0.279 e. The number of fused-ring (bicyclic) bond motifs is 1. The Labute approximate surface area is 74.8 Å². The molecule has 0 saturated carbocycles. The molecule has 2 aromatic heterocycles. The zero-order valence-electron chi connectivity index (χ0n) is 6.98. The number of hydrogen-bond donors (Lipinski definition) is 0. The topological polar surface area (TPSA) is 30.2 Å². The zero-order valence-corrected chi connectivity index (χ0v) is 7.80. The molecule has 0 amide bonds. The van der Waals surface area contributed by atoms with Crippen LogP contribution in [-0.2, 0) is 0 Å². The second-order valence-corrected chi connectivity index (χ2v) is 3.31. The van der Waals surface area contributed by atoms with Crippen molar-refractivity contribution in [3.05, 3.63) is 24.2 Å². The molecule has 2 heterocycles. The summed E-state index contributed by atoms with van der Waals surface area (Å²) < 4.78 is 1.98. The molecule has 62 valence electrons. The summed E-state index contributed by atoms with van der Waals surface area (Å²) in [6.07, 6.45) is 5.73. The van der Waals surface area contributed by atoms with Crippen molar-refractivity contribution in [1.82, 2.24) is 14.4 Å². The van der Waals surface area contributed by atoms with E-state index in [-0.39, 0.29) is 0 Å². The lowest BCUT2D eigenvalue weighted by Crippen LogP contribution is -1.94. The SMILES string of the molecule is CSc1nc(C)cc2nccn12. The van der Waals surface area contributed by atoms with Crippen LogP contribution in [0.1, 0.15) is 5.69 Å². The van der Waals surface area contributed by atoms with E-state index in [9.17, 15) is 0 Å². The molecule has 0 N–H and O–H groups in total. The van der Waals surface area contributed by atoms with Crippen LogP contribution >= 0.6 is 11.8 Å². The molecule has 0 bridgehead atoms. The minimum atomic E-state index is 0.965. The molecular weight excluding hydrogens is 170 g/mol. The second-order valence-electron chi connectivity index (χ2n) is 2.54. The van der Waals surface area contributed by atoms with Crippen LogP contribution in [0.4, 0.5) is 0 Å². The molecule has 0 aliphatic heterocycles. The van der Waals surface area contributed by atoms with Crippen LogP contribution in [0.25, 0.3) is 5.65 Å². The predicted molar refractivity (Wildman–Crippen MR) is 49.5 cm³/mol. The smallest absolute Gasteiger partial charge is 0.173 e. The van der Waals surface area contributed by atoms with E-state index in [1.54, 1.807) is 18.0 Å². The lowest BCUT2D eigenvalue weighted by molar-refractivity contribution is 0.882. The molecule has 0 aliphatic carbocycles. The van der Waals surface area contributed by atoms with Gasteiger partial charge in [0.05, 0.1) is 0 Å². The van der Waals surface area contributed by atoms with Gasteiger partial charge < -0.3 is 0 Å². The van der Waals surface area contributed by atoms with Gasteiger partial charge in [0, 0.05) is 24.2 Å². The summed E-state index contributed by atoms with van der Waals surface area (Å²) in [5.41, 5.74) is 1.98. The Bertz CT molecular complexity index is 408. The molecule has 0 aromatic carbocycles. The van der Waals surface area contributed by atoms with Crippen molar-refractivity contribution in [2.45, 2.75) is 12.1 Å². The van der Waals surface area contributed by atoms with Gasteiger partial charge in [-0.1, -0.05) is 11.8 Å². The van der Waals surface area contributed by atoms with Gasteiger partial charge >= 0.3 is 0 Å². The summed E-state index contributed by atoms with van der Waals surface area (Å²) in [5.74, 6) is 0. The fourth-order valence-electron chi connectivity index (χ4n) is 1.15. The van der Waals surface area contributed by atoms with E-state index in [2.05, 4.69) is 9.97 Å². The minimum Gasteiger partial charge on any atom is -0.279 e. The Balaban J connectivity index is 2.80. The van der Waals surface area contributed by atoms with Crippen LogP contribution in [0.3, 0.4) is 0 Å². The van der Waals surface area contributed by atoms with Crippen LogP contribution < -0.4 is 0 Å². The molecule has 2 aromatic rings. The lowest BCUT2D eigenvalue weighted by Gasteiger charge is -2.01. The Morgan fingerprint density at radius 3 is 3.08 bits per heavy atom. The maximum Gasteiger partial charge on any atom is 0.173 e. The first-order chi connectivity index (χ1) is 5.81. The maximum absolute atomic E-state index is 4.38. The van der Waals surface area contributed by atoms with Crippen LogP contribution in [0, 0.1) is 6.92 Å². The summed E-state index contributed by atoms with van der Waals surface area (Å²) in [6, 6.07) is 1.97. The van der Waals surface area contributed by atoms with Gasteiger partial charge in [0.2, 0.25) is 0 Å². The fourth-order valence-corrected chi connectivity index (χ4v) is 1.74. The summed E-state index contributed by atoms with van der Waals surface area (Å²) in [5, 5.41) is 0.988. The molecule has 4 heteroatoms. The third-order valence-electron chi connectivity index (χ3n) is 1.67. The standard InChI is InChI=1S/C8H9N3S/c1-6-5-7-9-3-4-11(7)8(10-6)12-2/h3-5H,1-2H3. The quantitative estimate of drug-likeness (QED) is 0.493. The Morgan fingerprint density at radius 1 is 1.50 bits per heavy atom. The van der Waals surface area contributed by atoms with Crippen molar-refractivity contribution >= 4 is 17.4 Å². The Hall–Kier alpha value is -1.03. The summed E-state index contributed by atoms with van der Waals surface area (Å²) >= 11 is 1.63. The summed E-state index contributed by atoms with van der Waals surface area (Å²) in [6.45, 7) is 1.98. The molecular formula is C8H9N3S. The van der Waals surface area contributed by atoms with Crippen LogP contribution in [0.5, 0.6) is 0 Å². The third kappa shape index (κ3) is 1.08. The van der Waals surface area contributed by atoms with E-state index in [4.69, 9.17) is 0 Å². The number of imidazole rings is 1. The molecule has 0 fully saturated rings. The normalized spacial score (nSPS) is 10.8. The molecule has 0 saturated heterocycles. The highest BCUT2D eigenvalue weighted by molar-refractivity contribution is 7.98. The van der Waals surface area contributed by atoms with Crippen molar-refractivity contribution in [1.29, 1.82) is 0 Å². The van der Waals surface area contributed by atoms with E-state index in [0.29, 0.717) is 0 Å².